The van der Waals surface area contributed by atoms with E-state index in [4.69, 9.17) is 37.4 Å². The fourth-order valence-electron chi connectivity index (χ4n) is 3.58. The van der Waals surface area contributed by atoms with Gasteiger partial charge in [0.1, 0.15) is 12.4 Å². The molecule has 1 heterocycles. The van der Waals surface area contributed by atoms with Crippen LogP contribution in [0.15, 0.2) is 59.5 Å². The van der Waals surface area contributed by atoms with Crippen LogP contribution in [-0.4, -0.2) is 25.1 Å². The van der Waals surface area contributed by atoms with Crippen molar-refractivity contribution in [2.45, 2.75) is 26.0 Å². The van der Waals surface area contributed by atoms with Gasteiger partial charge in [0.2, 0.25) is 0 Å². The van der Waals surface area contributed by atoms with Gasteiger partial charge in [-0.2, -0.15) is 0 Å². The van der Waals surface area contributed by atoms with Crippen molar-refractivity contribution in [1.82, 2.24) is 5.32 Å². The van der Waals surface area contributed by atoms with E-state index in [1.165, 1.54) is 11.8 Å². The zero-order valence-corrected chi connectivity index (χ0v) is 22.4. The maximum Gasteiger partial charge on any atom is 0.260 e. The van der Waals surface area contributed by atoms with Gasteiger partial charge in [-0.15, -0.1) is 0 Å². The highest BCUT2D eigenvalue weighted by atomic mass is 35.5. The third-order valence-electron chi connectivity index (χ3n) is 5.32. The molecule has 1 unspecified atom stereocenters. The second-order valence-corrected chi connectivity index (χ2v) is 9.97. The summed E-state index contributed by atoms with van der Waals surface area (Å²) in [6.45, 7) is 4.70. The number of rotatable bonds is 9. The lowest BCUT2D eigenvalue weighted by molar-refractivity contribution is -0.116. The normalized spacial score (nSPS) is 16.1. The van der Waals surface area contributed by atoms with Crippen molar-refractivity contribution in [2.24, 2.45) is 0 Å². The summed E-state index contributed by atoms with van der Waals surface area (Å²) in [7, 11) is 1.62. The summed E-state index contributed by atoms with van der Waals surface area (Å²) < 4.78 is 17.2. The second-order valence-electron chi connectivity index (χ2n) is 8.00. The van der Waals surface area contributed by atoms with E-state index < -0.39 is 0 Å². The Hall–Kier alpha value is -3.00. The number of carbonyl (C=O) groups excluding carboxylic acids is 1. The Morgan fingerprint density at radius 2 is 1.81 bits per heavy atom. The van der Waals surface area contributed by atoms with E-state index in [1.807, 2.05) is 62.4 Å². The Labute approximate surface area is 224 Å². The van der Waals surface area contributed by atoms with Crippen molar-refractivity contribution >= 4 is 52.6 Å². The van der Waals surface area contributed by atoms with Gasteiger partial charge < -0.3 is 24.8 Å². The molecule has 1 aliphatic heterocycles. The monoisotopic (exact) mass is 544 g/mol. The number of benzene rings is 3. The summed E-state index contributed by atoms with van der Waals surface area (Å²) in [6, 6.07) is 16.8. The maximum atomic E-state index is 12.6. The smallest absolute Gasteiger partial charge is 0.260 e. The number of methoxy groups -OCH3 is 1. The number of thioether (sulfide) groups is 1. The van der Waals surface area contributed by atoms with E-state index in [1.54, 1.807) is 19.2 Å². The largest absolute Gasteiger partial charge is 0.495 e. The molecule has 36 heavy (non-hydrogen) atoms. The zero-order chi connectivity index (χ0) is 25.7. The maximum absolute atomic E-state index is 12.6. The molecule has 2 N–H and O–H groups in total. The summed E-state index contributed by atoms with van der Waals surface area (Å²) in [5.74, 6) is 1.75. The highest BCUT2D eigenvalue weighted by Gasteiger charge is 2.28. The number of hydrogen-bond donors (Lipinski definition) is 2. The lowest BCUT2D eigenvalue weighted by Gasteiger charge is -2.16. The Balaban J connectivity index is 1.47. The van der Waals surface area contributed by atoms with Gasteiger partial charge in [-0.05, 0) is 73.0 Å². The molecule has 0 radical (unpaired) electrons. The third-order valence-corrected chi connectivity index (χ3v) is 7.08. The molecule has 188 valence electrons. The third kappa shape index (κ3) is 6.40. The van der Waals surface area contributed by atoms with Crippen LogP contribution in [0.25, 0.3) is 6.08 Å². The predicted octanol–water partition coefficient (Wildman–Crippen LogP) is 6.89. The average Bonchev–Trinajstić information content (AvgIpc) is 3.19. The van der Waals surface area contributed by atoms with Crippen LogP contribution in [0.1, 0.15) is 23.6 Å². The van der Waals surface area contributed by atoms with E-state index in [0.29, 0.717) is 45.4 Å². The van der Waals surface area contributed by atoms with Gasteiger partial charge in [-0.3, -0.25) is 4.79 Å². The van der Waals surface area contributed by atoms with Crippen molar-refractivity contribution < 1.29 is 19.0 Å². The van der Waals surface area contributed by atoms with Gasteiger partial charge in [0.05, 0.1) is 34.4 Å². The molecule has 0 aromatic heterocycles. The number of amides is 1. The predicted molar refractivity (Wildman–Crippen MR) is 147 cm³/mol. The molecule has 0 bridgehead atoms. The number of ether oxygens (including phenoxy) is 3. The van der Waals surface area contributed by atoms with Crippen LogP contribution in [0, 0.1) is 6.92 Å². The van der Waals surface area contributed by atoms with Crippen LogP contribution in [-0.2, 0) is 11.4 Å². The molecule has 0 saturated carbocycles. The molecular weight excluding hydrogens is 519 g/mol. The van der Waals surface area contributed by atoms with Gasteiger partial charge in [-0.25, -0.2) is 0 Å². The van der Waals surface area contributed by atoms with Crippen LogP contribution in [0.5, 0.6) is 17.2 Å². The van der Waals surface area contributed by atoms with Crippen LogP contribution < -0.4 is 24.8 Å². The Morgan fingerprint density at radius 3 is 2.56 bits per heavy atom. The van der Waals surface area contributed by atoms with Crippen LogP contribution in [0.3, 0.4) is 0 Å². The number of anilines is 1. The number of aryl methyl sites for hydroxylation is 1. The van der Waals surface area contributed by atoms with Crippen molar-refractivity contribution in [2.75, 3.05) is 19.0 Å². The summed E-state index contributed by atoms with van der Waals surface area (Å²) in [6.07, 6.45) is 1.83. The minimum atomic E-state index is -0.320. The zero-order valence-electron chi connectivity index (χ0n) is 20.1. The first kappa shape index (κ1) is 26.1. The number of halogens is 2. The second kappa shape index (κ2) is 11.8. The van der Waals surface area contributed by atoms with E-state index in [-0.39, 0.29) is 11.4 Å². The van der Waals surface area contributed by atoms with E-state index in [2.05, 4.69) is 10.6 Å². The first-order valence-corrected chi connectivity index (χ1v) is 12.9. The summed E-state index contributed by atoms with van der Waals surface area (Å²) >= 11 is 13.5. The molecule has 1 saturated heterocycles. The lowest BCUT2D eigenvalue weighted by atomic mass is 10.2. The first-order valence-electron chi connectivity index (χ1n) is 11.3. The van der Waals surface area contributed by atoms with Gasteiger partial charge in [0.25, 0.3) is 5.91 Å². The summed E-state index contributed by atoms with van der Waals surface area (Å²) in [4.78, 5) is 13.2. The quantitative estimate of drug-likeness (QED) is 0.286. The van der Waals surface area contributed by atoms with E-state index >= 15 is 0 Å². The highest BCUT2D eigenvalue weighted by Crippen LogP contribution is 2.35. The first-order chi connectivity index (χ1) is 17.4. The number of nitrogens with one attached hydrogen (secondary N) is 2. The van der Waals surface area contributed by atoms with Gasteiger partial charge in [-0.1, -0.05) is 53.2 Å². The molecule has 4 rings (SSSR count). The van der Waals surface area contributed by atoms with E-state index in [9.17, 15) is 4.79 Å². The number of carbonyl (C=O) groups is 1. The molecule has 1 aliphatic rings. The molecule has 6 nitrogen and oxygen atoms in total. The molecule has 0 spiro atoms. The minimum absolute atomic E-state index is 0.151. The fourth-order valence-corrected chi connectivity index (χ4v) is 4.88. The fraction of sp³-hybridized carbons (Fsp3) is 0.222. The molecule has 9 heteroatoms. The lowest BCUT2D eigenvalue weighted by Crippen LogP contribution is -2.31. The molecule has 1 fully saturated rings. The van der Waals surface area contributed by atoms with Crippen molar-refractivity contribution in [1.29, 1.82) is 0 Å². The van der Waals surface area contributed by atoms with E-state index in [0.717, 1.165) is 22.4 Å². The topological polar surface area (TPSA) is 68.8 Å². The SMILES string of the molecule is CCOc1cc(/C=C2\SC(Nc3cc(C)ccc3OC)NC2=O)ccc1OCc1ccc(Cl)c(Cl)c1. The van der Waals surface area contributed by atoms with Gasteiger partial charge in [0, 0.05) is 0 Å². The van der Waals surface area contributed by atoms with Gasteiger partial charge >= 0.3 is 0 Å². The van der Waals surface area contributed by atoms with Crippen LogP contribution in [0.2, 0.25) is 10.0 Å². The molecule has 3 aromatic carbocycles. The molecular formula is C27H26Cl2N2O4S. The Bertz CT molecular complexity index is 1300. The van der Waals surface area contributed by atoms with Crippen LogP contribution >= 0.6 is 35.0 Å². The van der Waals surface area contributed by atoms with Crippen molar-refractivity contribution in [3.05, 3.63) is 86.2 Å². The summed E-state index contributed by atoms with van der Waals surface area (Å²) in [5.41, 5.74) is 3.30. The molecule has 1 amide bonds. The molecule has 0 aliphatic carbocycles. The molecule has 3 aromatic rings. The van der Waals surface area contributed by atoms with Gasteiger partial charge in [0.15, 0.2) is 17.0 Å². The average molecular weight is 545 g/mol. The number of hydrogen-bond acceptors (Lipinski definition) is 6. The Morgan fingerprint density at radius 1 is 1.00 bits per heavy atom. The van der Waals surface area contributed by atoms with Crippen molar-refractivity contribution in [3.8, 4) is 17.2 Å². The molecule has 1 atom stereocenters. The Kier molecular flexibility index (Phi) is 8.56. The summed E-state index contributed by atoms with van der Waals surface area (Å²) in [5, 5.41) is 7.26. The standard InChI is InChI=1S/C27H26Cl2N2O4S/c1-4-34-24-13-17(7-10-23(24)35-15-18-6-8-19(28)20(29)12-18)14-25-26(32)31-27(36-25)30-21-11-16(2)5-9-22(21)33-3/h5-14,27,30H,4,15H2,1-3H3,(H,31,32)/b25-14-. The highest BCUT2D eigenvalue weighted by molar-refractivity contribution is 8.05. The van der Waals surface area contributed by atoms with Crippen LogP contribution in [0.4, 0.5) is 5.69 Å². The minimum Gasteiger partial charge on any atom is -0.495 e. The van der Waals surface area contributed by atoms with Crippen molar-refractivity contribution in [3.63, 3.8) is 0 Å².